The average Bonchev–Trinajstić information content (AvgIpc) is 2.43. The zero-order valence-corrected chi connectivity index (χ0v) is 13.7. The highest BCUT2D eigenvalue weighted by Gasteiger charge is 2.10. The minimum atomic E-state index is 0.899. The van der Waals surface area contributed by atoms with Crippen molar-refractivity contribution >= 4 is 5.82 Å². The van der Waals surface area contributed by atoms with Crippen molar-refractivity contribution in [1.82, 2.24) is 15.2 Å². The quantitative estimate of drug-likeness (QED) is 0.750. The fraction of sp³-hybridized carbons (Fsp3) is 0.688. The van der Waals surface area contributed by atoms with Crippen LogP contribution in [0.15, 0.2) is 12.1 Å². The summed E-state index contributed by atoms with van der Waals surface area (Å²) in [6.45, 7) is 8.43. The van der Waals surface area contributed by atoms with E-state index in [1.807, 2.05) is 7.05 Å². The second-order valence-corrected chi connectivity index (χ2v) is 5.50. The van der Waals surface area contributed by atoms with E-state index in [2.05, 4.69) is 55.2 Å². The molecule has 0 unspecified atom stereocenters. The number of nitrogens with zero attached hydrogens (tertiary/aromatic N) is 3. The van der Waals surface area contributed by atoms with Crippen LogP contribution in [0.1, 0.15) is 31.5 Å². The number of aryl methyl sites for hydroxylation is 1. The molecule has 114 valence electrons. The van der Waals surface area contributed by atoms with Gasteiger partial charge in [0.25, 0.3) is 0 Å². The van der Waals surface area contributed by atoms with Crippen LogP contribution in [0.3, 0.4) is 0 Å². The molecule has 0 aliphatic rings. The number of likely N-dealkylation sites (N-methyl/N-ethyl adjacent to an activating group) is 1. The van der Waals surface area contributed by atoms with E-state index >= 15 is 0 Å². The summed E-state index contributed by atoms with van der Waals surface area (Å²) in [5.74, 6) is 1.12. The zero-order chi connectivity index (χ0) is 15.0. The summed E-state index contributed by atoms with van der Waals surface area (Å²) in [6, 6.07) is 4.43. The average molecular weight is 278 g/mol. The van der Waals surface area contributed by atoms with Gasteiger partial charge in [-0.3, -0.25) is 0 Å². The molecule has 0 spiro atoms. The van der Waals surface area contributed by atoms with Crippen LogP contribution >= 0.6 is 0 Å². The van der Waals surface area contributed by atoms with Gasteiger partial charge in [-0.1, -0.05) is 13.8 Å². The van der Waals surface area contributed by atoms with Gasteiger partial charge in [0.15, 0.2) is 0 Å². The fourth-order valence-corrected chi connectivity index (χ4v) is 2.21. The van der Waals surface area contributed by atoms with Crippen LogP contribution in [0, 0.1) is 0 Å². The Morgan fingerprint density at radius 1 is 1.10 bits per heavy atom. The molecule has 0 bridgehead atoms. The first-order valence-electron chi connectivity index (χ1n) is 7.64. The number of aromatic nitrogens is 1. The third kappa shape index (κ3) is 5.47. The van der Waals surface area contributed by atoms with Crippen LogP contribution in [0.2, 0.25) is 0 Å². The smallest absolute Gasteiger partial charge is 0.129 e. The lowest BCUT2D eigenvalue weighted by Gasteiger charge is -2.26. The van der Waals surface area contributed by atoms with Gasteiger partial charge in [-0.15, -0.1) is 0 Å². The lowest BCUT2D eigenvalue weighted by molar-refractivity contribution is 0.412. The van der Waals surface area contributed by atoms with Crippen molar-refractivity contribution in [1.29, 1.82) is 0 Å². The van der Waals surface area contributed by atoms with Crippen molar-refractivity contribution in [3.63, 3.8) is 0 Å². The molecule has 0 atom stereocenters. The Labute approximate surface area is 124 Å². The van der Waals surface area contributed by atoms with E-state index < -0.39 is 0 Å². The van der Waals surface area contributed by atoms with Crippen molar-refractivity contribution in [3.8, 4) is 0 Å². The largest absolute Gasteiger partial charge is 0.355 e. The van der Waals surface area contributed by atoms with E-state index in [0.29, 0.717) is 0 Å². The maximum absolute atomic E-state index is 4.81. The Bertz CT molecular complexity index is 390. The molecular weight excluding hydrogens is 248 g/mol. The van der Waals surface area contributed by atoms with E-state index in [9.17, 15) is 0 Å². The molecule has 1 rings (SSSR count). The van der Waals surface area contributed by atoms with Gasteiger partial charge in [-0.25, -0.2) is 4.98 Å². The molecule has 20 heavy (non-hydrogen) atoms. The van der Waals surface area contributed by atoms with Crippen LogP contribution in [-0.2, 0) is 13.0 Å². The van der Waals surface area contributed by atoms with Crippen LogP contribution in [0.25, 0.3) is 0 Å². The molecule has 1 aromatic heterocycles. The van der Waals surface area contributed by atoms with Crippen molar-refractivity contribution in [2.24, 2.45) is 0 Å². The molecule has 0 amide bonds. The zero-order valence-electron chi connectivity index (χ0n) is 13.7. The molecule has 1 heterocycles. The van der Waals surface area contributed by atoms with Crippen molar-refractivity contribution in [2.75, 3.05) is 45.7 Å². The Hall–Kier alpha value is -1.13. The van der Waals surface area contributed by atoms with Gasteiger partial charge in [0, 0.05) is 31.9 Å². The minimum absolute atomic E-state index is 0.899. The molecule has 0 aliphatic carbocycles. The predicted octanol–water partition coefficient (Wildman–Crippen LogP) is 2.14. The summed E-state index contributed by atoms with van der Waals surface area (Å²) < 4.78 is 0. The number of rotatable bonds is 9. The predicted molar refractivity (Wildman–Crippen MR) is 87.4 cm³/mol. The molecule has 4 nitrogen and oxygen atoms in total. The van der Waals surface area contributed by atoms with E-state index in [-0.39, 0.29) is 0 Å². The lowest BCUT2D eigenvalue weighted by atomic mass is 10.2. The van der Waals surface area contributed by atoms with Crippen LogP contribution in [0.5, 0.6) is 0 Å². The number of nitrogens with one attached hydrogen (secondary N) is 1. The summed E-state index contributed by atoms with van der Waals surface area (Å²) >= 11 is 0. The van der Waals surface area contributed by atoms with Gasteiger partial charge < -0.3 is 15.1 Å². The number of hydrogen-bond acceptors (Lipinski definition) is 4. The normalized spacial score (nSPS) is 11.1. The molecule has 0 saturated carbocycles. The standard InChI is InChI=1S/C16H30N4/c1-6-8-20(10-9-19(4)5)16-12-14(13-17-3)11-15(7-2)18-16/h11-12,17H,6-10,13H2,1-5H3. The van der Waals surface area contributed by atoms with Gasteiger partial charge in [0.05, 0.1) is 0 Å². The molecule has 1 aromatic rings. The van der Waals surface area contributed by atoms with Crippen molar-refractivity contribution in [2.45, 2.75) is 33.2 Å². The molecular formula is C16H30N4. The third-order valence-corrected chi connectivity index (χ3v) is 3.30. The molecule has 1 N–H and O–H groups in total. The van der Waals surface area contributed by atoms with E-state index in [1.54, 1.807) is 0 Å². The van der Waals surface area contributed by atoms with Gasteiger partial charge in [0.1, 0.15) is 5.82 Å². The minimum Gasteiger partial charge on any atom is -0.355 e. The van der Waals surface area contributed by atoms with Crippen molar-refractivity contribution < 1.29 is 0 Å². The molecule has 0 aromatic carbocycles. The van der Waals surface area contributed by atoms with Crippen LogP contribution < -0.4 is 10.2 Å². The maximum Gasteiger partial charge on any atom is 0.129 e. The number of hydrogen-bond donors (Lipinski definition) is 1. The Morgan fingerprint density at radius 2 is 1.85 bits per heavy atom. The SMILES string of the molecule is CCCN(CCN(C)C)c1cc(CNC)cc(CC)n1. The summed E-state index contributed by atoms with van der Waals surface area (Å²) in [6.07, 6.45) is 2.13. The summed E-state index contributed by atoms with van der Waals surface area (Å²) in [5.41, 5.74) is 2.50. The first-order chi connectivity index (χ1) is 9.60. The van der Waals surface area contributed by atoms with Gasteiger partial charge in [0.2, 0.25) is 0 Å². The Morgan fingerprint density at radius 3 is 2.40 bits per heavy atom. The third-order valence-electron chi connectivity index (χ3n) is 3.30. The summed E-state index contributed by atoms with van der Waals surface area (Å²) in [7, 11) is 6.22. The number of pyridine rings is 1. The highest BCUT2D eigenvalue weighted by Crippen LogP contribution is 2.16. The summed E-state index contributed by atoms with van der Waals surface area (Å²) in [5, 5.41) is 3.23. The first-order valence-corrected chi connectivity index (χ1v) is 7.64. The fourth-order valence-electron chi connectivity index (χ4n) is 2.21. The molecule has 0 saturated heterocycles. The van der Waals surface area contributed by atoms with Crippen molar-refractivity contribution in [3.05, 3.63) is 23.4 Å². The van der Waals surface area contributed by atoms with Crippen LogP contribution in [0.4, 0.5) is 5.82 Å². The van der Waals surface area contributed by atoms with E-state index in [4.69, 9.17) is 4.98 Å². The lowest BCUT2D eigenvalue weighted by Crippen LogP contribution is -2.33. The Balaban J connectivity index is 2.94. The second-order valence-electron chi connectivity index (χ2n) is 5.50. The topological polar surface area (TPSA) is 31.4 Å². The van der Waals surface area contributed by atoms with E-state index in [0.717, 1.165) is 44.8 Å². The highest BCUT2D eigenvalue weighted by atomic mass is 15.2. The highest BCUT2D eigenvalue weighted by molar-refractivity contribution is 5.43. The maximum atomic E-state index is 4.81. The number of anilines is 1. The monoisotopic (exact) mass is 278 g/mol. The molecule has 0 fully saturated rings. The second kappa shape index (κ2) is 8.93. The first kappa shape index (κ1) is 16.9. The Kier molecular flexibility index (Phi) is 7.55. The van der Waals surface area contributed by atoms with Gasteiger partial charge >= 0.3 is 0 Å². The molecule has 0 radical (unpaired) electrons. The molecule has 0 aliphatic heterocycles. The van der Waals surface area contributed by atoms with E-state index in [1.165, 1.54) is 11.3 Å². The van der Waals surface area contributed by atoms with Crippen LogP contribution in [-0.4, -0.2) is 50.7 Å². The van der Waals surface area contributed by atoms with Gasteiger partial charge in [-0.2, -0.15) is 0 Å². The van der Waals surface area contributed by atoms with Gasteiger partial charge in [-0.05, 0) is 51.7 Å². The summed E-state index contributed by atoms with van der Waals surface area (Å²) in [4.78, 5) is 9.43. The molecule has 4 heteroatoms.